The molecular formula is C14H17FN2O3. The number of nitrogens with zero attached hydrogens (tertiary/aromatic N) is 1. The fourth-order valence-corrected chi connectivity index (χ4v) is 2.18. The number of carbonyl (C=O) groups excluding carboxylic acids is 2. The molecule has 1 aliphatic heterocycles. The molecular weight excluding hydrogens is 263 g/mol. The van der Waals surface area contributed by atoms with Gasteiger partial charge in [-0.3, -0.25) is 9.59 Å². The Balaban J connectivity index is 1.85. The van der Waals surface area contributed by atoms with E-state index in [2.05, 4.69) is 5.32 Å². The summed E-state index contributed by atoms with van der Waals surface area (Å²) >= 11 is 0. The summed E-state index contributed by atoms with van der Waals surface area (Å²) < 4.78 is 13.0. The van der Waals surface area contributed by atoms with Gasteiger partial charge in [0, 0.05) is 18.7 Å². The standard InChI is InChI=1S/C14H17FN2O3/c15-11-4-1-3-10(7-11)14(20)16-8-13(19)17-6-2-5-12(18)9-17/h1,3-4,7,12,18H,2,5-6,8-9H2,(H,16,20). The van der Waals surface area contributed by atoms with Crippen LogP contribution in [0.4, 0.5) is 4.39 Å². The molecule has 0 aliphatic carbocycles. The number of hydrogen-bond donors (Lipinski definition) is 2. The maximum atomic E-state index is 13.0. The maximum Gasteiger partial charge on any atom is 0.251 e. The molecule has 108 valence electrons. The van der Waals surface area contributed by atoms with Crippen LogP contribution in [0.2, 0.25) is 0 Å². The van der Waals surface area contributed by atoms with Crippen LogP contribution in [-0.2, 0) is 4.79 Å². The number of hydrogen-bond acceptors (Lipinski definition) is 3. The van der Waals surface area contributed by atoms with E-state index in [-0.39, 0.29) is 18.0 Å². The molecule has 1 atom stereocenters. The predicted molar refractivity (Wildman–Crippen MR) is 70.6 cm³/mol. The molecule has 1 aromatic carbocycles. The first-order valence-electron chi connectivity index (χ1n) is 6.56. The number of aliphatic hydroxyl groups excluding tert-OH is 1. The van der Waals surface area contributed by atoms with Crippen LogP contribution >= 0.6 is 0 Å². The van der Waals surface area contributed by atoms with Crippen molar-refractivity contribution < 1.29 is 19.1 Å². The van der Waals surface area contributed by atoms with Gasteiger partial charge in [-0.1, -0.05) is 6.07 Å². The van der Waals surface area contributed by atoms with Crippen LogP contribution in [0.15, 0.2) is 24.3 Å². The first-order chi connectivity index (χ1) is 9.56. The highest BCUT2D eigenvalue weighted by atomic mass is 19.1. The number of aliphatic hydroxyl groups is 1. The van der Waals surface area contributed by atoms with E-state index >= 15 is 0 Å². The third-order valence-corrected chi connectivity index (χ3v) is 3.24. The number of piperidine rings is 1. The van der Waals surface area contributed by atoms with Crippen LogP contribution in [-0.4, -0.2) is 47.6 Å². The molecule has 2 amide bonds. The molecule has 0 bridgehead atoms. The second kappa shape index (κ2) is 6.47. The Kier molecular flexibility index (Phi) is 4.68. The van der Waals surface area contributed by atoms with Crippen LogP contribution in [0.1, 0.15) is 23.2 Å². The van der Waals surface area contributed by atoms with Crippen molar-refractivity contribution in [2.75, 3.05) is 19.6 Å². The predicted octanol–water partition coefficient (Wildman–Crippen LogP) is 0.539. The summed E-state index contributed by atoms with van der Waals surface area (Å²) in [5, 5.41) is 12.0. The molecule has 0 spiro atoms. The van der Waals surface area contributed by atoms with Gasteiger partial charge in [-0.2, -0.15) is 0 Å². The number of amides is 2. The Morgan fingerprint density at radius 3 is 2.95 bits per heavy atom. The lowest BCUT2D eigenvalue weighted by Gasteiger charge is -2.30. The van der Waals surface area contributed by atoms with E-state index in [0.717, 1.165) is 12.5 Å². The normalized spacial score (nSPS) is 18.7. The topological polar surface area (TPSA) is 69.6 Å². The van der Waals surface area contributed by atoms with Crippen molar-refractivity contribution in [1.29, 1.82) is 0 Å². The fourth-order valence-electron chi connectivity index (χ4n) is 2.18. The van der Waals surface area contributed by atoms with E-state index in [9.17, 15) is 19.1 Å². The van der Waals surface area contributed by atoms with Crippen molar-refractivity contribution in [2.24, 2.45) is 0 Å². The minimum atomic E-state index is -0.497. The van der Waals surface area contributed by atoms with E-state index in [4.69, 9.17) is 0 Å². The molecule has 5 nitrogen and oxygen atoms in total. The van der Waals surface area contributed by atoms with Crippen molar-refractivity contribution in [3.05, 3.63) is 35.6 Å². The van der Waals surface area contributed by atoms with Gasteiger partial charge in [0.1, 0.15) is 5.82 Å². The molecule has 1 aromatic rings. The largest absolute Gasteiger partial charge is 0.391 e. The highest BCUT2D eigenvalue weighted by molar-refractivity contribution is 5.96. The summed E-state index contributed by atoms with van der Waals surface area (Å²) in [6.45, 7) is 0.739. The summed E-state index contributed by atoms with van der Waals surface area (Å²) in [7, 11) is 0. The number of rotatable bonds is 3. The third-order valence-electron chi connectivity index (χ3n) is 3.24. The van der Waals surface area contributed by atoms with Crippen molar-refractivity contribution >= 4 is 11.8 Å². The molecule has 1 aliphatic rings. The number of likely N-dealkylation sites (tertiary alicyclic amines) is 1. The average molecular weight is 280 g/mol. The Labute approximate surface area is 116 Å². The van der Waals surface area contributed by atoms with Crippen molar-refractivity contribution in [1.82, 2.24) is 10.2 Å². The third kappa shape index (κ3) is 3.77. The molecule has 1 unspecified atom stereocenters. The van der Waals surface area contributed by atoms with Crippen molar-refractivity contribution in [3.8, 4) is 0 Å². The van der Waals surface area contributed by atoms with Gasteiger partial charge in [0.15, 0.2) is 0 Å². The van der Waals surface area contributed by atoms with Crippen molar-refractivity contribution in [2.45, 2.75) is 18.9 Å². The quantitative estimate of drug-likeness (QED) is 0.849. The lowest BCUT2D eigenvalue weighted by Crippen LogP contribution is -2.46. The number of carbonyl (C=O) groups is 2. The Morgan fingerprint density at radius 1 is 1.45 bits per heavy atom. The Morgan fingerprint density at radius 2 is 2.25 bits per heavy atom. The minimum Gasteiger partial charge on any atom is -0.391 e. The second-order valence-corrected chi connectivity index (χ2v) is 4.83. The lowest BCUT2D eigenvalue weighted by molar-refractivity contribution is -0.133. The summed E-state index contributed by atoms with van der Waals surface area (Å²) in [6, 6.07) is 5.28. The van der Waals surface area contributed by atoms with Crippen LogP contribution in [0, 0.1) is 5.82 Å². The van der Waals surface area contributed by atoms with Gasteiger partial charge in [-0.05, 0) is 31.0 Å². The van der Waals surface area contributed by atoms with Gasteiger partial charge < -0.3 is 15.3 Å². The van der Waals surface area contributed by atoms with Crippen LogP contribution in [0.3, 0.4) is 0 Å². The molecule has 1 saturated heterocycles. The molecule has 6 heteroatoms. The van der Waals surface area contributed by atoms with Gasteiger partial charge in [0.2, 0.25) is 5.91 Å². The van der Waals surface area contributed by atoms with E-state index in [1.54, 1.807) is 0 Å². The minimum absolute atomic E-state index is 0.151. The van der Waals surface area contributed by atoms with Crippen LogP contribution < -0.4 is 5.32 Å². The molecule has 0 saturated carbocycles. The molecule has 2 rings (SSSR count). The number of benzene rings is 1. The lowest BCUT2D eigenvalue weighted by atomic mass is 10.1. The Hall–Kier alpha value is -1.95. The molecule has 20 heavy (non-hydrogen) atoms. The SMILES string of the molecule is O=C(NCC(=O)N1CCCC(O)C1)c1cccc(F)c1. The van der Waals surface area contributed by atoms with E-state index in [0.29, 0.717) is 19.5 Å². The van der Waals surface area contributed by atoms with Crippen molar-refractivity contribution in [3.63, 3.8) is 0 Å². The molecule has 1 fully saturated rings. The van der Waals surface area contributed by atoms with Crippen LogP contribution in [0.5, 0.6) is 0 Å². The van der Waals surface area contributed by atoms with Gasteiger partial charge >= 0.3 is 0 Å². The molecule has 0 aromatic heterocycles. The zero-order valence-electron chi connectivity index (χ0n) is 11.0. The van der Waals surface area contributed by atoms with Gasteiger partial charge in [-0.15, -0.1) is 0 Å². The zero-order valence-corrected chi connectivity index (χ0v) is 11.0. The van der Waals surface area contributed by atoms with E-state index < -0.39 is 17.8 Å². The zero-order chi connectivity index (χ0) is 14.5. The van der Waals surface area contributed by atoms with Gasteiger partial charge in [0.25, 0.3) is 5.91 Å². The molecule has 1 heterocycles. The summed E-state index contributed by atoms with van der Waals surface area (Å²) in [6.07, 6.45) is 0.955. The Bertz CT molecular complexity index is 507. The fraction of sp³-hybridized carbons (Fsp3) is 0.429. The summed E-state index contributed by atoms with van der Waals surface area (Å²) in [5.74, 6) is -1.23. The first kappa shape index (κ1) is 14.5. The highest BCUT2D eigenvalue weighted by Gasteiger charge is 2.22. The number of β-amino-alcohol motifs (C(OH)–C–C–N with tert-alkyl or cyclic N) is 1. The monoisotopic (exact) mass is 280 g/mol. The first-order valence-corrected chi connectivity index (χ1v) is 6.56. The van der Waals surface area contributed by atoms with Gasteiger partial charge in [-0.25, -0.2) is 4.39 Å². The maximum absolute atomic E-state index is 13.0. The van der Waals surface area contributed by atoms with Gasteiger partial charge in [0.05, 0.1) is 12.6 Å². The van der Waals surface area contributed by atoms with E-state index in [1.807, 2.05) is 0 Å². The number of nitrogens with one attached hydrogen (secondary N) is 1. The number of halogens is 1. The molecule has 0 radical (unpaired) electrons. The summed E-state index contributed by atoms with van der Waals surface area (Å²) in [4.78, 5) is 25.2. The molecule has 2 N–H and O–H groups in total. The average Bonchev–Trinajstić information content (AvgIpc) is 2.44. The second-order valence-electron chi connectivity index (χ2n) is 4.83. The summed E-state index contributed by atoms with van der Waals surface area (Å²) in [5.41, 5.74) is 0.177. The smallest absolute Gasteiger partial charge is 0.251 e. The highest BCUT2D eigenvalue weighted by Crippen LogP contribution is 2.09. The van der Waals surface area contributed by atoms with Crippen LogP contribution in [0.25, 0.3) is 0 Å². The van der Waals surface area contributed by atoms with E-state index in [1.165, 1.54) is 23.1 Å².